The van der Waals surface area contributed by atoms with Crippen molar-refractivity contribution in [3.05, 3.63) is 23.8 Å². The van der Waals surface area contributed by atoms with Crippen LogP contribution in [-0.4, -0.2) is 52.3 Å². The molecule has 0 saturated carbocycles. The van der Waals surface area contributed by atoms with Gasteiger partial charge < -0.3 is 25.4 Å². The number of hydrogen-bond acceptors (Lipinski definition) is 4. The average Bonchev–Trinajstić information content (AvgIpc) is 2.66. The average molecular weight is 364 g/mol. The first kappa shape index (κ1) is 21.6. The van der Waals surface area contributed by atoms with Gasteiger partial charge in [0.05, 0.1) is 20.8 Å². The summed E-state index contributed by atoms with van der Waals surface area (Å²) in [5.74, 6) is 2.21. The Morgan fingerprint density at radius 3 is 2.46 bits per heavy atom. The van der Waals surface area contributed by atoms with E-state index in [1.165, 1.54) is 0 Å². The number of methoxy groups -OCH3 is 2. The van der Waals surface area contributed by atoms with Crippen LogP contribution in [0.3, 0.4) is 0 Å². The van der Waals surface area contributed by atoms with E-state index in [0.29, 0.717) is 19.5 Å². The van der Waals surface area contributed by atoms with Crippen LogP contribution in [0.1, 0.15) is 32.3 Å². The summed E-state index contributed by atoms with van der Waals surface area (Å²) in [5.41, 5.74) is 1.14. The summed E-state index contributed by atoms with van der Waals surface area (Å²) in [6.45, 7) is 6.71. The summed E-state index contributed by atoms with van der Waals surface area (Å²) in [7, 11) is 3.26. The molecule has 7 heteroatoms. The predicted molar refractivity (Wildman–Crippen MR) is 105 cm³/mol. The molecule has 0 unspecified atom stereocenters. The van der Waals surface area contributed by atoms with E-state index in [2.05, 4.69) is 20.9 Å². The maximum Gasteiger partial charge on any atom is 0.221 e. The van der Waals surface area contributed by atoms with Crippen molar-refractivity contribution in [2.75, 3.05) is 40.4 Å². The lowest BCUT2D eigenvalue weighted by molar-refractivity contribution is -0.120. The molecule has 0 heterocycles. The van der Waals surface area contributed by atoms with Crippen molar-refractivity contribution in [2.45, 2.75) is 33.1 Å². The van der Waals surface area contributed by atoms with Crippen molar-refractivity contribution in [3.8, 4) is 11.5 Å². The lowest BCUT2D eigenvalue weighted by Crippen LogP contribution is -2.38. The number of benzene rings is 1. The molecular weight excluding hydrogens is 332 g/mol. The number of rotatable bonds is 11. The Morgan fingerprint density at radius 1 is 1.04 bits per heavy atom. The maximum atomic E-state index is 11.6. The Kier molecular flexibility index (Phi) is 10.7. The Hall–Kier alpha value is -2.44. The second-order valence-corrected chi connectivity index (χ2v) is 5.73. The van der Waals surface area contributed by atoms with E-state index in [0.717, 1.165) is 49.0 Å². The first-order valence-electron chi connectivity index (χ1n) is 9.14. The van der Waals surface area contributed by atoms with Crippen LogP contribution in [0.15, 0.2) is 23.2 Å². The van der Waals surface area contributed by atoms with Crippen LogP contribution in [0.4, 0.5) is 0 Å². The van der Waals surface area contributed by atoms with Gasteiger partial charge in [-0.25, -0.2) is 0 Å². The number of carbonyl (C=O) groups is 1. The van der Waals surface area contributed by atoms with E-state index in [-0.39, 0.29) is 5.91 Å². The zero-order valence-corrected chi connectivity index (χ0v) is 16.4. The van der Waals surface area contributed by atoms with Crippen LogP contribution < -0.4 is 25.4 Å². The SMILES string of the molecule is CCCNC(=O)CCN=C(NCC)NCCc1ccc(OC)c(OC)c1. The van der Waals surface area contributed by atoms with Crippen molar-refractivity contribution >= 4 is 11.9 Å². The van der Waals surface area contributed by atoms with Crippen LogP contribution >= 0.6 is 0 Å². The first-order chi connectivity index (χ1) is 12.6. The van der Waals surface area contributed by atoms with Crippen LogP contribution in [0.2, 0.25) is 0 Å². The summed E-state index contributed by atoms with van der Waals surface area (Å²) >= 11 is 0. The second kappa shape index (κ2) is 12.9. The molecule has 0 saturated heterocycles. The summed E-state index contributed by atoms with van der Waals surface area (Å²) in [5, 5.41) is 9.33. The van der Waals surface area contributed by atoms with E-state index in [1.807, 2.05) is 32.0 Å². The van der Waals surface area contributed by atoms with Gasteiger partial charge in [0.25, 0.3) is 0 Å². The van der Waals surface area contributed by atoms with Gasteiger partial charge in [-0.15, -0.1) is 0 Å². The molecule has 3 N–H and O–H groups in total. The number of aliphatic imine (C=N–C) groups is 1. The fourth-order valence-electron chi connectivity index (χ4n) is 2.33. The molecule has 1 aromatic carbocycles. The number of amides is 1. The van der Waals surface area contributed by atoms with Crippen molar-refractivity contribution in [2.24, 2.45) is 4.99 Å². The van der Waals surface area contributed by atoms with Gasteiger partial charge in [-0.2, -0.15) is 0 Å². The number of nitrogens with zero attached hydrogens (tertiary/aromatic N) is 1. The predicted octanol–water partition coefficient (Wildman–Crippen LogP) is 1.72. The summed E-state index contributed by atoms with van der Waals surface area (Å²) in [6, 6.07) is 5.90. The third kappa shape index (κ3) is 8.09. The Labute approximate surface area is 156 Å². The molecule has 7 nitrogen and oxygen atoms in total. The molecule has 1 rings (SSSR count). The highest BCUT2D eigenvalue weighted by atomic mass is 16.5. The Morgan fingerprint density at radius 2 is 1.81 bits per heavy atom. The quantitative estimate of drug-likeness (QED) is 0.411. The molecule has 26 heavy (non-hydrogen) atoms. The number of guanidine groups is 1. The molecule has 0 radical (unpaired) electrons. The molecule has 0 aliphatic carbocycles. The highest BCUT2D eigenvalue weighted by molar-refractivity contribution is 5.80. The number of carbonyl (C=O) groups excluding carboxylic acids is 1. The molecule has 1 aromatic rings. The van der Waals surface area contributed by atoms with E-state index >= 15 is 0 Å². The molecule has 146 valence electrons. The van der Waals surface area contributed by atoms with Gasteiger partial charge in [-0.05, 0) is 37.5 Å². The standard InChI is InChI=1S/C19H32N4O3/c1-5-11-21-18(24)10-13-23-19(20-6-2)22-12-9-15-7-8-16(25-3)17(14-15)26-4/h7-8,14H,5-6,9-13H2,1-4H3,(H,21,24)(H2,20,22,23). The fraction of sp³-hybridized carbons (Fsp3) is 0.579. The minimum Gasteiger partial charge on any atom is -0.493 e. The molecule has 0 aliphatic heterocycles. The van der Waals surface area contributed by atoms with E-state index < -0.39 is 0 Å². The lowest BCUT2D eigenvalue weighted by atomic mass is 10.1. The third-order valence-electron chi connectivity index (χ3n) is 3.68. The van der Waals surface area contributed by atoms with Gasteiger partial charge in [0.15, 0.2) is 17.5 Å². The van der Waals surface area contributed by atoms with Crippen LogP contribution in [0, 0.1) is 0 Å². The van der Waals surface area contributed by atoms with E-state index in [1.54, 1.807) is 14.2 Å². The minimum absolute atomic E-state index is 0.0387. The summed E-state index contributed by atoms with van der Waals surface area (Å²) in [6.07, 6.45) is 2.16. The third-order valence-corrected chi connectivity index (χ3v) is 3.68. The van der Waals surface area contributed by atoms with E-state index in [4.69, 9.17) is 9.47 Å². The van der Waals surface area contributed by atoms with Gasteiger partial charge in [0.1, 0.15) is 0 Å². The highest BCUT2D eigenvalue weighted by Crippen LogP contribution is 2.27. The molecule has 1 amide bonds. The van der Waals surface area contributed by atoms with Crippen LogP contribution in [0.5, 0.6) is 11.5 Å². The van der Waals surface area contributed by atoms with Gasteiger partial charge in [0, 0.05) is 26.1 Å². The van der Waals surface area contributed by atoms with Gasteiger partial charge >= 0.3 is 0 Å². The Bertz CT molecular complexity index is 576. The van der Waals surface area contributed by atoms with Gasteiger partial charge in [-0.1, -0.05) is 13.0 Å². The minimum atomic E-state index is 0.0387. The number of nitrogens with one attached hydrogen (secondary N) is 3. The smallest absolute Gasteiger partial charge is 0.221 e. The first-order valence-corrected chi connectivity index (χ1v) is 9.14. The monoisotopic (exact) mass is 364 g/mol. The van der Waals surface area contributed by atoms with E-state index in [9.17, 15) is 4.79 Å². The molecule has 0 aromatic heterocycles. The highest BCUT2D eigenvalue weighted by Gasteiger charge is 2.05. The van der Waals surface area contributed by atoms with Crippen LogP contribution in [0.25, 0.3) is 0 Å². The molecule has 0 spiro atoms. The van der Waals surface area contributed by atoms with Gasteiger partial charge in [0.2, 0.25) is 5.91 Å². The molecule has 0 atom stereocenters. The largest absolute Gasteiger partial charge is 0.493 e. The normalized spacial score (nSPS) is 11.0. The molecule has 0 fully saturated rings. The molecule has 0 aliphatic rings. The van der Waals surface area contributed by atoms with Crippen molar-refractivity contribution in [1.82, 2.24) is 16.0 Å². The fourth-order valence-corrected chi connectivity index (χ4v) is 2.33. The topological polar surface area (TPSA) is 84.0 Å². The van der Waals surface area contributed by atoms with Crippen molar-refractivity contribution < 1.29 is 14.3 Å². The number of hydrogen-bond donors (Lipinski definition) is 3. The second-order valence-electron chi connectivity index (χ2n) is 5.73. The van der Waals surface area contributed by atoms with Gasteiger partial charge in [-0.3, -0.25) is 9.79 Å². The zero-order valence-electron chi connectivity index (χ0n) is 16.4. The Balaban J connectivity index is 2.47. The lowest BCUT2D eigenvalue weighted by Gasteiger charge is -2.12. The molecular formula is C19H32N4O3. The maximum absolute atomic E-state index is 11.6. The number of ether oxygens (including phenoxy) is 2. The van der Waals surface area contributed by atoms with Crippen molar-refractivity contribution in [3.63, 3.8) is 0 Å². The molecule has 0 bridgehead atoms. The summed E-state index contributed by atoms with van der Waals surface area (Å²) < 4.78 is 10.6. The summed E-state index contributed by atoms with van der Waals surface area (Å²) in [4.78, 5) is 16.1. The van der Waals surface area contributed by atoms with Crippen molar-refractivity contribution in [1.29, 1.82) is 0 Å². The van der Waals surface area contributed by atoms with Crippen LogP contribution in [-0.2, 0) is 11.2 Å². The zero-order chi connectivity index (χ0) is 19.2.